The number of fused-ring (bicyclic) bond motifs is 1. The highest BCUT2D eigenvalue weighted by Crippen LogP contribution is 2.25. The van der Waals surface area contributed by atoms with Crippen molar-refractivity contribution in [3.63, 3.8) is 0 Å². The van der Waals surface area contributed by atoms with Crippen molar-refractivity contribution in [3.05, 3.63) is 51.7 Å². The van der Waals surface area contributed by atoms with Crippen molar-refractivity contribution < 1.29 is 4.79 Å². The lowest BCUT2D eigenvalue weighted by molar-refractivity contribution is -0.121. The zero-order valence-corrected chi connectivity index (χ0v) is 13.2. The van der Waals surface area contributed by atoms with Gasteiger partial charge in [0.2, 0.25) is 5.91 Å². The maximum atomic E-state index is 12.4. The molecule has 2 aromatic rings. The molecular weight excluding hydrogens is 280 g/mol. The number of amides is 1. The molecule has 3 rings (SSSR count). The van der Waals surface area contributed by atoms with Crippen LogP contribution in [0.25, 0.3) is 0 Å². The van der Waals surface area contributed by atoms with Crippen LogP contribution in [0.15, 0.2) is 35.7 Å². The number of nitrogens with one attached hydrogen (secondary N) is 1. The van der Waals surface area contributed by atoms with Gasteiger partial charge in [-0.15, -0.1) is 11.3 Å². The van der Waals surface area contributed by atoms with Gasteiger partial charge in [0.05, 0.1) is 6.04 Å². The van der Waals surface area contributed by atoms with Crippen LogP contribution in [0.1, 0.15) is 22.9 Å². The minimum Gasteiger partial charge on any atom is -0.325 e. The third kappa shape index (κ3) is 3.17. The summed E-state index contributed by atoms with van der Waals surface area (Å²) < 4.78 is 0. The first-order chi connectivity index (χ1) is 10.1. The smallest absolute Gasteiger partial charge is 0.241 e. The van der Waals surface area contributed by atoms with Crippen LogP contribution in [0.3, 0.4) is 0 Å². The summed E-state index contributed by atoms with van der Waals surface area (Å²) in [6, 6.07) is 9.99. The zero-order valence-electron chi connectivity index (χ0n) is 12.4. The molecule has 1 aliphatic heterocycles. The van der Waals surface area contributed by atoms with Crippen LogP contribution in [-0.2, 0) is 17.8 Å². The first-order valence-corrected chi connectivity index (χ1v) is 8.18. The molecule has 0 fully saturated rings. The van der Waals surface area contributed by atoms with Gasteiger partial charge in [-0.3, -0.25) is 9.69 Å². The Morgan fingerprint density at radius 2 is 2.24 bits per heavy atom. The molecule has 1 aromatic heterocycles. The van der Waals surface area contributed by atoms with Gasteiger partial charge in [0.15, 0.2) is 0 Å². The topological polar surface area (TPSA) is 32.3 Å². The third-order valence-corrected chi connectivity index (χ3v) is 5.07. The van der Waals surface area contributed by atoms with Crippen LogP contribution in [0.4, 0.5) is 5.69 Å². The number of hydrogen-bond donors (Lipinski definition) is 1. The number of hydrogen-bond acceptors (Lipinski definition) is 3. The van der Waals surface area contributed by atoms with Gasteiger partial charge in [-0.05, 0) is 55.0 Å². The Morgan fingerprint density at radius 1 is 1.38 bits per heavy atom. The molecule has 110 valence electrons. The first-order valence-electron chi connectivity index (χ1n) is 7.30. The molecule has 1 amide bonds. The SMILES string of the molecule is Cc1cccc(NC(=O)[C@H](C)N2CCc3sccc3C2)c1. The van der Waals surface area contributed by atoms with E-state index in [1.54, 1.807) is 0 Å². The summed E-state index contributed by atoms with van der Waals surface area (Å²) >= 11 is 1.82. The van der Waals surface area contributed by atoms with Gasteiger partial charge in [0.1, 0.15) is 0 Å². The summed E-state index contributed by atoms with van der Waals surface area (Å²) in [6.07, 6.45) is 1.05. The summed E-state index contributed by atoms with van der Waals surface area (Å²) in [7, 11) is 0. The average molecular weight is 300 g/mol. The fraction of sp³-hybridized carbons (Fsp3) is 0.353. The van der Waals surface area contributed by atoms with Crippen molar-refractivity contribution >= 4 is 22.9 Å². The normalized spacial score (nSPS) is 16.3. The Bertz CT molecular complexity index is 650. The molecule has 2 heterocycles. The molecule has 0 saturated heterocycles. The van der Waals surface area contributed by atoms with E-state index in [0.717, 1.165) is 30.8 Å². The van der Waals surface area contributed by atoms with E-state index in [2.05, 4.69) is 21.7 Å². The molecule has 0 aliphatic carbocycles. The van der Waals surface area contributed by atoms with Gasteiger partial charge >= 0.3 is 0 Å². The predicted octanol–water partition coefficient (Wildman–Crippen LogP) is 3.44. The molecule has 4 heteroatoms. The van der Waals surface area contributed by atoms with E-state index in [4.69, 9.17) is 0 Å². The Balaban J connectivity index is 1.65. The lowest BCUT2D eigenvalue weighted by Gasteiger charge is -2.31. The second kappa shape index (κ2) is 6.00. The molecule has 0 unspecified atom stereocenters. The number of nitrogens with zero attached hydrogens (tertiary/aromatic N) is 1. The van der Waals surface area contributed by atoms with Crippen molar-refractivity contribution in [3.8, 4) is 0 Å². The molecule has 0 radical (unpaired) electrons. The van der Waals surface area contributed by atoms with E-state index < -0.39 is 0 Å². The van der Waals surface area contributed by atoms with E-state index in [-0.39, 0.29) is 11.9 Å². The van der Waals surface area contributed by atoms with E-state index >= 15 is 0 Å². The molecule has 0 saturated carbocycles. The minimum absolute atomic E-state index is 0.0688. The summed E-state index contributed by atoms with van der Waals surface area (Å²) in [5, 5.41) is 5.16. The molecule has 0 bridgehead atoms. The van der Waals surface area contributed by atoms with Crippen molar-refractivity contribution in [1.82, 2.24) is 4.90 Å². The van der Waals surface area contributed by atoms with E-state index in [1.807, 2.05) is 49.4 Å². The maximum absolute atomic E-state index is 12.4. The van der Waals surface area contributed by atoms with Crippen molar-refractivity contribution in [2.75, 3.05) is 11.9 Å². The highest BCUT2D eigenvalue weighted by Gasteiger charge is 2.25. The van der Waals surface area contributed by atoms with E-state index in [0.29, 0.717) is 0 Å². The largest absolute Gasteiger partial charge is 0.325 e. The van der Waals surface area contributed by atoms with E-state index in [9.17, 15) is 4.79 Å². The number of aryl methyl sites for hydroxylation is 1. The second-order valence-electron chi connectivity index (χ2n) is 5.62. The molecule has 1 aromatic carbocycles. The van der Waals surface area contributed by atoms with Gasteiger partial charge in [0, 0.05) is 23.7 Å². The average Bonchev–Trinajstić information content (AvgIpc) is 2.93. The minimum atomic E-state index is -0.112. The lowest BCUT2D eigenvalue weighted by atomic mass is 10.1. The summed E-state index contributed by atoms with van der Waals surface area (Å²) in [5.41, 5.74) is 3.41. The van der Waals surface area contributed by atoms with Crippen LogP contribution in [0.5, 0.6) is 0 Å². The standard InChI is InChI=1S/C17H20N2OS/c1-12-4-3-5-15(10-12)18-17(20)13(2)19-8-6-16-14(11-19)7-9-21-16/h3-5,7,9-10,13H,6,8,11H2,1-2H3,(H,18,20)/t13-/m0/s1. The highest BCUT2D eigenvalue weighted by atomic mass is 32.1. The molecule has 3 nitrogen and oxygen atoms in total. The fourth-order valence-corrected chi connectivity index (χ4v) is 3.63. The second-order valence-corrected chi connectivity index (χ2v) is 6.62. The van der Waals surface area contributed by atoms with Crippen molar-refractivity contribution in [2.24, 2.45) is 0 Å². The number of thiophene rings is 1. The van der Waals surface area contributed by atoms with Gasteiger partial charge < -0.3 is 5.32 Å². The highest BCUT2D eigenvalue weighted by molar-refractivity contribution is 7.10. The quantitative estimate of drug-likeness (QED) is 0.941. The van der Waals surface area contributed by atoms with Crippen LogP contribution in [0.2, 0.25) is 0 Å². The Hall–Kier alpha value is -1.65. The maximum Gasteiger partial charge on any atom is 0.241 e. The van der Waals surface area contributed by atoms with Gasteiger partial charge in [-0.2, -0.15) is 0 Å². The van der Waals surface area contributed by atoms with E-state index in [1.165, 1.54) is 10.4 Å². The summed E-state index contributed by atoms with van der Waals surface area (Å²) in [4.78, 5) is 16.1. The Kier molecular flexibility index (Phi) is 4.08. The molecule has 1 N–H and O–H groups in total. The lowest BCUT2D eigenvalue weighted by Crippen LogP contribution is -2.44. The van der Waals surface area contributed by atoms with Crippen LogP contribution < -0.4 is 5.32 Å². The van der Waals surface area contributed by atoms with Crippen molar-refractivity contribution in [1.29, 1.82) is 0 Å². The first kappa shape index (κ1) is 14.3. The number of carbonyl (C=O) groups is 1. The molecule has 21 heavy (non-hydrogen) atoms. The van der Waals surface area contributed by atoms with Crippen molar-refractivity contribution in [2.45, 2.75) is 32.9 Å². The number of carbonyl (C=O) groups excluding carboxylic acids is 1. The summed E-state index contributed by atoms with van der Waals surface area (Å²) in [6.45, 7) is 5.85. The summed E-state index contributed by atoms with van der Waals surface area (Å²) in [5.74, 6) is 0.0688. The van der Waals surface area contributed by atoms with Crippen LogP contribution in [0, 0.1) is 6.92 Å². The predicted molar refractivity (Wildman–Crippen MR) is 87.7 cm³/mol. The number of rotatable bonds is 3. The Labute approximate surface area is 129 Å². The Morgan fingerprint density at radius 3 is 3.05 bits per heavy atom. The van der Waals surface area contributed by atoms with Gasteiger partial charge in [-0.25, -0.2) is 0 Å². The molecule has 1 atom stereocenters. The number of benzene rings is 1. The number of anilines is 1. The fourth-order valence-electron chi connectivity index (χ4n) is 2.74. The van der Waals surface area contributed by atoms with Gasteiger partial charge in [-0.1, -0.05) is 12.1 Å². The van der Waals surface area contributed by atoms with Gasteiger partial charge in [0.25, 0.3) is 0 Å². The van der Waals surface area contributed by atoms with Crippen LogP contribution >= 0.6 is 11.3 Å². The zero-order chi connectivity index (χ0) is 14.8. The monoisotopic (exact) mass is 300 g/mol. The van der Waals surface area contributed by atoms with Crippen LogP contribution in [-0.4, -0.2) is 23.4 Å². The molecule has 0 spiro atoms. The molecular formula is C17H20N2OS. The molecule has 1 aliphatic rings. The third-order valence-electron chi connectivity index (χ3n) is 4.05.